The predicted molar refractivity (Wildman–Crippen MR) is 85.2 cm³/mol. The van der Waals surface area contributed by atoms with Crippen LogP contribution in [0.2, 0.25) is 0 Å². The number of aromatic nitrogens is 1. The van der Waals surface area contributed by atoms with Gasteiger partial charge in [0.25, 0.3) is 0 Å². The SMILES string of the molecule is Cc1cc2ccccc2nc1NCC1CCCCN1C. The number of benzene rings is 1. The third-order valence-corrected chi connectivity index (χ3v) is 4.34. The Morgan fingerprint density at radius 2 is 2.15 bits per heavy atom. The zero-order valence-electron chi connectivity index (χ0n) is 12.4. The third-order valence-electron chi connectivity index (χ3n) is 4.34. The van der Waals surface area contributed by atoms with E-state index < -0.39 is 0 Å². The second-order valence-corrected chi connectivity index (χ2v) is 5.86. The minimum Gasteiger partial charge on any atom is -0.368 e. The Hall–Kier alpha value is -1.61. The minimum atomic E-state index is 0.636. The highest BCUT2D eigenvalue weighted by Crippen LogP contribution is 2.21. The van der Waals surface area contributed by atoms with Crippen molar-refractivity contribution < 1.29 is 0 Å². The number of anilines is 1. The first-order chi connectivity index (χ1) is 9.74. The molecule has 0 spiro atoms. The van der Waals surface area contributed by atoms with Gasteiger partial charge < -0.3 is 10.2 Å². The fourth-order valence-corrected chi connectivity index (χ4v) is 3.02. The van der Waals surface area contributed by atoms with E-state index in [1.807, 2.05) is 6.07 Å². The van der Waals surface area contributed by atoms with Crippen LogP contribution in [0, 0.1) is 6.92 Å². The number of nitrogens with zero attached hydrogens (tertiary/aromatic N) is 2. The maximum atomic E-state index is 4.75. The number of pyridine rings is 1. The van der Waals surface area contributed by atoms with Gasteiger partial charge in [-0.3, -0.25) is 0 Å². The standard InChI is InChI=1S/C17H23N3/c1-13-11-14-7-3-4-9-16(14)19-17(13)18-12-15-8-5-6-10-20(15)2/h3-4,7,9,11,15H,5-6,8,10,12H2,1-2H3,(H,18,19). The van der Waals surface area contributed by atoms with Crippen LogP contribution in [0.5, 0.6) is 0 Å². The first kappa shape index (κ1) is 13.4. The first-order valence-corrected chi connectivity index (χ1v) is 7.54. The molecule has 106 valence electrons. The van der Waals surface area contributed by atoms with Crippen molar-refractivity contribution in [2.75, 3.05) is 25.5 Å². The summed E-state index contributed by atoms with van der Waals surface area (Å²) in [5.41, 5.74) is 2.29. The number of hydrogen-bond donors (Lipinski definition) is 1. The molecule has 1 atom stereocenters. The van der Waals surface area contributed by atoms with E-state index in [4.69, 9.17) is 4.98 Å². The van der Waals surface area contributed by atoms with Crippen LogP contribution in [0.15, 0.2) is 30.3 Å². The van der Waals surface area contributed by atoms with E-state index in [1.165, 1.54) is 36.8 Å². The summed E-state index contributed by atoms with van der Waals surface area (Å²) in [5.74, 6) is 1.03. The average Bonchev–Trinajstić information content (AvgIpc) is 2.46. The maximum absolute atomic E-state index is 4.75. The van der Waals surface area contributed by atoms with Gasteiger partial charge in [0.15, 0.2) is 0 Å². The van der Waals surface area contributed by atoms with Crippen LogP contribution in [-0.4, -0.2) is 36.1 Å². The molecule has 3 rings (SSSR count). The Labute approximate surface area is 121 Å². The van der Waals surface area contributed by atoms with Crippen molar-refractivity contribution in [2.24, 2.45) is 0 Å². The van der Waals surface area contributed by atoms with E-state index in [-0.39, 0.29) is 0 Å². The molecule has 1 aromatic heterocycles. The zero-order valence-corrected chi connectivity index (χ0v) is 12.4. The number of hydrogen-bond acceptors (Lipinski definition) is 3. The molecule has 3 nitrogen and oxygen atoms in total. The van der Waals surface area contributed by atoms with Crippen LogP contribution in [0.4, 0.5) is 5.82 Å². The lowest BCUT2D eigenvalue weighted by molar-refractivity contribution is 0.194. The second kappa shape index (κ2) is 5.80. The third kappa shape index (κ3) is 2.78. The van der Waals surface area contributed by atoms with Gasteiger partial charge in [-0.15, -0.1) is 0 Å². The molecule has 0 radical (unpaired) electrons. The zero-order chi connectivity index (χ0) is 13.9. The average molecular weight is 269 g/mol. The molecule has 3 heteroatoms. The first-order valence-electron chi connectivity index (χ1n) is 7.54. The minimum absolute atomic E-state index is 0.636. The van der Waals surface area contributed by atoms with E-state index in [1.54, 1.807) is 0 Å². The molecule has 2 heterocycles. The highest BCUT2D eigenvalue weighted by atomic mass is 15.2. The Bertz CT molecular complexity index is 594. The molecule has 1 fully saturated rings. The fourth-order valence-electron chi connectivity index (χ4n) is 3.02. The summed E-state index contributed by atoms with van der Waals surface area (Å²) in [6, 6.07) is 11.2. The number of aryl methyl sites for hydroxylation is 1. The topological polar surface area (TPSA) is 28.2 Å². The van der Waals surface area contributed by atoms with Gasteiger partial charge in [-0.25, -0.2) is 4.98 Å². The lowest BCUT2D eigenvalue weighted by atomic mass is 10.0. The summed E-state index contributed by atoms with van der Waals surface area (Å²) in [5, 5.41) is 4.77. The van der Waals surface area contributed by atoms with Gasteiger partial charge in [0.1, 0.15) is 5.82 Å². The summed E-state index contributed by atoms with van der Waals surface area (Å²) in [7, 11) is 2.23. The summed E-state index contributed by atoms with van der Waals surface area (Å²) in [4.78, 5) is 7.22. The second-order valence-electron chi connectivity index (χ2n) is 5.86. The van der Waals surface area contributed by atoms with E-state index in [0.29, 0.717) is 6.04 Å². The van der Waals surface area contributed by atoms with Crippen LogP contribution in [0.3, 0.4) is 0 Å². The van der Waals surface area contributed by atoms with Crippen LogP contribution in [0.25, 0.3) is 10.9 Å². The molecule has 0 bridgehead atoms. The van der Waals surface area contributed by atoms with Crippen molar-refractivity contribution in [1.82, 2.24) is 9.88 Å². The number of fused-ring (bicyclic) bond motifs is 1. The van der Waals surface area contributed by atoms with Gasteiger partial charge in [0.2, 0.25) is 0 Å². The molecule has 0 aliphatic carbocycles. The largest absolute Gasteiger partial charge is 0.368 e. The molecule has 0 amide bonds. The number of rotatable bonds is 3. The molecule has 1 aromatic carbocycles. The van der Waals surface area contributed by atoms with Crippen LogP contribution < -0.4 is 5.32 Å². The number of nitrogens with one attached hydrogen (secondary N) is 1. The number of piperidine rings is 1. The van der Waals surface area contributed by atoms with Crippen LogP contribution in [0.1, 0.15) is 24.8 Å². The smallest absolute Gasteiger partial charge is 0.129 e. The highest BCUT2D eigenvalue weighted by Gasteiger charge is 2.18. The number of likely N-dealkylation sites (N-methyl/N-ethyl adjacent to an activating group) is 1. The van der Waals surface area contributed by atoms with Crippen LogP contribution in [-0.2, 0) is 0 Å². The van der Waals surface area contributed by atoms with Gasteiger partial charge in [-0.05, 0) is 51.1 Å². The molecule has 0 saturated carbocycles. The van der Waals surface area contributed by atoms with Crippen molar-refractivity contribution in [3.63, 3.8) is 0 Å². The molecule has 20 heavy (non-hydrogen) atoms. The maximum Gasteiger partial charge on any atom is 0.129 e. The lowest BCUT2D eigenvalue weighted by Gasteiger charge is -2.32. The molecular formula is C17H23N3. The Kier molecular flexibility index (Phi) is 3.88. The molecule has 1 saturated heterocycles. The van der Waals surface area contributed by atoms with Gasteiger partial charge in [-0.1, -0.05) is 24.6 Å². The predicted octanol–water partition coefficient (Wildman–Crippen LogP) is 3.44. The van der Waals surface area contributed by atoms with Crippen molar-refractivity contribution >= 4 is 16.7 Å². The quantitative estimate of drug-likeness (QED) is 0.925. The van der Waals surface area contributed by atoms with Crippen molar-refractivity contribution in [3.05, 3.63) is 35.9 Å². The monoisotopic (exact) mass is 269 g/mol. The van der Waals surface area contributed by atoms with Crippen molar-refractivity contribution in [2.45, 2.75) is 32.2 Å². The van der Waals surface area contributed by atoms with E-state index >= 15 is 0 Å². The van der Waals surface area contributed by atoms with Gasteiger partial charge in [0, 0.05) is 18.0 Å². The summed E-state index contributed by atoms with van der Waals surface area (Å²) >= 11 is 0. The molecule has 2 aromatic rings. The lowest BCUT2D eigenvalue weighted by Crippen LogP contribution is -2.40. The fraction of sp³-hybridized carbons (Fsp3) is 0.471. The number of likely N-dealkylation sites (tertiary alicyclic amines) is 1. The van der Waals surface area contributed by atoms with Gasteiger partial charge in [-0.2, -0.15) is 0 Å². The molecule has 1 aliphatic rings. The summed E-state index contributed by atoms with van der Waals surface area (Å²) in [6.07, 6.45) is 3.97. The van der Waals surface area contributed by atoms with E-state index in [0.717, 1.165) is 17.9 Å². The summed E-state index contributed by atoms with van der Waals surface area (Å²) in [6.45, 7) is 4.34. The van der Waals surface area contributed by atoms with Crippen LogP contribution >= 0.6 is 0 Å². The number of para-hydroxylation sites is 1. The molecule has 1 N–H and O–H groups in total. The highest BCUT2D eigenvalue weighted by molar-refractivity contribution is 5.81. The van der Waals surface area contributed by atoms with Crippen molar-refractivity contribution in [3.8, 4) is 0 Å². The van der Waals surface area contributed by atoms with Gasteiger partial charge in [0.05, 0.1) is 5.52 Å². The Morgan fingerprint density at radius 3 is 3.00 bits per heavy atom. The van der Waals surface area contributed by atoms with E-state index in [9.17, 15) is 0 Å². The Morgan fingerprint density at radius 1 is 1.30 bits per heavy atom. The normalized spacial score (nSPS) is 20.2. The molecular weight excluding hydrogens is 246 g/mol. The van der Waals surface area contributed by atoms with E-state index in [2.05, 4.69) is 48.5 Å². The van der Waals surface area contributed by atoms with Gasteiger partial charge >= 0.3 is 0 Å². The van der Waals surface area contributed by atoms with Crippen molar-refractivity contribution in [1.29, 1.82) is 0 Å². The molecule has 1 aliphatic heterocycles. The Balaban J connectivity index is 1.75. The molecule has 1 unspecified atom stereocenters. The summed E-state index contributed by atoms with van der Waals surface area (Å²) < 4.78 is 0.